The van der Waals surface area contributed by atoms with Crippen LogP contribution in [0.1, 0.15) is 31.2 Å². The zero-order chi connectivity index (χ0) is 19.3. The van der Waals surface area contributed by atoms with Crippen molar-refractivity contribution in [3.8, 4) is 5.69 Å². The molecule has 0 amide bonds. The molecule has 0 aliphatic rings. The van der Waals surface area contributed by atoms with Gasteiger partial charge in [0.2, 0.25) is 5.43 Å². The maximum atomic E-state index is 13.5. The average molecular weight is 359 g/mol. The highest BCUT2D eigenvalue weighted by atomic mass is 16.1. The molecule has 2 aromatic carbocycles. The third-order valence-electron chi connectivity index (χ3n) is 4.95. The minimum absolute atomic E-state index is 0.0185. The molecule has 2 aromatic heterocycles. The molecule has 0 unspecified atom stereocenters. The lowest BCUT2D eigenvalue weighted by Crippen LogP contribution is -2.30. The fraction of sp³-hybridized carbons (Fsp3) is 0.227. The van der Waals surface area contributed by atoms with Gasteiger partial charge in [0.05, 0.1) is 11.2 Å². The first-order valence-electron chi connectivity index (χ1n) is 9.01. The molecular weight excluding hydrogens is 338 g/mol. The zero-order valence-electron chi connectivity index (χ0n) is 15.9. The molecule has 5 heteroatoms. The Hall–Kier alpha value is -3.21. The summed E-state index contributed by atoms with van der Waals surface area (Å²) in [6.07, 6.45) is 0. The van der Waals surface area contributed by atoms with Gasteiger partial charge in [0.25, 0.3) is 5.56 Å². The van der Waals surface area contributed by atoms with Crippen LogP contribution < -0.4 is 11.0 Å². The van der Waals surface area contributed by atoms with E-state index in [1.54, 1.807) is 10.6 Å². The Morgan fingerprint density at radius 1 is 0.963 bits per heavy atom. The van der Waals surface area contributed by atoms with Crippen LogP contribution in [0.4, 0.5) is 0 Å². The summed E-state index contributed by atoms with van der Waals surface area (Å²) in [6, 6.07) is 15.0. The topological polar surface area (TPSA) is 56.9 Å². The molecule has 2 heterocycles. The molecule has 0 saturated heterocycles. The van der Waals surface area contributed by atoms with Gasteiger partial charge in [0.1, 0.15) is 11.2 Å². The second-order valence-electron chi connectivity index (χ2n) is 7.20. The summed E-state index contributed by atoms with van der Waals surface area (Å²) in [7, 11) is 1.84. The van der Waals surface area contributed by atoms with Gasteiger partial charge in [0, 0.05) is 18.4 Å². The lowest BCUT2D eigenvalue weighted by Gasteiger charge is -2.18. The van der Waals surface area contributed by atoms with Crippen molar-refractivity contribution in [2.45, 2.75) is 26.7 Å². The van der Waals surface area contributed by atoms with Gasteiger partial charge in [-0.3, -0.25) is 14.2 Å². The molecule has 0 spiro atoms. The summed E-state index contributed by atoms with van der Waals surface area (Å²) in [5.74, 6) is 0.659. The van der Waals surface area contributed by atoms with Crippen molar-refractivity contribution in [3.05, 3.63) is 80.5 Å². The number of aromatic nitrogens is 3. The first kappa shape index (κ1) is 17.2. The van der Waals surface area contributed by atoms with E-state index in [1.165, 1.54) is 0 Å². The monoisotopic (exact) mass is 359 g/mol. The van der Waals surface area contributed by atoms with Crippen LogP contribution in [-0.2, 0) is 7.05 Å². The molecule has 136 valence electrons. The molecule has 0 bridgehead atoms. The fourth-order valence-corrected chi connectivity index (χ4v) is 3.50. The van der Waals surface area contributed by atoms with E-state index in [-0.39, 0.29) is 22.3 Å². The highest BCUT2D eigenvalue weighted by Crippen LogP contribution is 2.20. The maximum absolute atomic E-state index is 13.5. The summed E-state index contributed by atoms with van der Waals surface area (Å²) in [5.41, 5.74) is 2.43. The maximum Gasteiger partial charge on any atom is 0.271 e. The summed E-state index contributed by atoms with van der Waals surface area (Å²) in [4.78, 5) is 31.3. The summed E-state index contributed by atoms with van der Waals surface area (Å²) in [5, 5.41) is 0.653. The zero-order valence-corrected chi connectivity index (χ0v) is 15.9. The molecule has 0 fully saturated rings. The van der Waals surface area contributed by atoms with Crippen molar-refractivity contribution in [1.29, 1.82) is 0 Å². The third kappa shape index (κ3) is 2.58. The third-order valence-corrected chi connectivity index (χ3v) is 4.95. The predicted molar refractivity (Wildman–Crippen MR) is 109 cm³/mol. The quantitative estimate of drug-likeness (QED) is 0.513. The van der Waals surface area contributed by atoms with Crippen LogP contribution in [0.2, 0.25) is 0 Å². The molecule has 4 rings (SSSR count). The minimum atomic E-state index is -0.320. The molecular formula is C22H21N3O2. The number of para-hydroxylation sites is 1. The van der Waals surface area contributed by atoms with Crippen LogP contribution in [-0.4, -0.2) is 14.1 Å². The lowest BCUT2D eigenvalue weighted by molar-refractivity contribution is 0.716. The van der Waals surface area contributed by atoms with Gasteiger partial charge in [-0.05, 0) is 31.2 Å². The molecule has 0 aliphatic carbocycles. The van der Waals surface area contributed by atoms with Crippen LogP contribution in [0.3, 0.4) is 0 Å². The molecule has 4 aromatic rings. The number of pyridine rings is 1. The van der Waals surface area contributed by atoms with Gasteiger partial charge in [-0.25, -0.2) is 4.98 Å². The predicted octanol–water partition coefficient (Wildman–Crippen LogP) is 3.67. The Labute approximate surface area is 156 Å². The van der Waals surface area contributed by atoms with E-state index in [4.69, 9.17) is 4.98 Å². The van der Waals surface area contributed by atoms with Crippen LogP contribution in [0.5, 0.6) is 0 Å². The second kappa shape index (κ2) is 6.20. The first-order valence-corrected chi connectivity index (χ1v) is 9.01. The van der Waals surface area contributed by atoms with Crippen molar-refractivity contribution in [2.75, 3.05) is 0 Å². The van der Waals surface area contributed by atoms with Gasteiger partial charge in [-0.1, -0.05) is 43.7 Å². The van der Waals surface area contributed by atoms with E-state index in [0.29, 0.717) is 16.9 Å². The van der Waals surface area contributed by atoms with Gasteiger partial charge in [0.15, 0.2) is 5.65 Å². The van der Waals surface area contributed by atoms with Crippen LogP contribution >= 0.6 is 0 Å². The van der Waals surface area contributed by atoms with Crippen molar-refractivity contribution >= 4 is 21.9 Å². The highest BCUT2D eigenvalue weighted by Gasteiger charge is 2.20. The largest absolute Gasteiger partial charge is 0.328 e. The van der Waals surface area contributed by atoms with Crippen LogP contribution in [0, 0.1) is 6.92 Å². The SMILES string of the molecule is Cc1ccc(-n2c(C(C)C)nc3c(c(=O)c4ccccc4n3C)c2=O)cc1. The summed E-state index contributed by atoms with van der Waals surface area (Å²) < 4.78 is 3.40. The number of rotatable bonds is 2. The van der Waals surface area contributed by atoms with E-state index in [0.717, 1.165) is 16.8 Å². The van der Waals surface area contributed by atoms with E-state index < -0.39 is 0 Å². The van der Waals surface area contributed by atoms with Gasteiger partial charge in [-0.15, -0.1) is 0 Å². The van der Waals surface area contributed by atoms with E-state index in [9.17, 15) is 9.59 Å². The standard InChI is InChI=1S/C22H21N3O2/c1-13(2)20-23-21-18(19(26)16-7-5-6-8-17(16)24(21)4)22(27)25(20)15-11-9-14(3)10-12-15/h5-13H,1-4H3. The normalized spacial score (nSPS) is 11.6. The van der Waals surface area contributed by atoms with Crippen LogP contribution in [0.15, 0.2) is 58.1 Å². The second-order valence-corrected chi connectivity index (χ2v) is 7.20. The van der Waals surface area contributed by atoms with Crippen LogP contribution in [0.25, 0.3) is 27.6 Å². The number of fused-ring (bicyclic) bond motifs is 2. The minimum Gasteiger partial charge on any atom is -0.328 e. The van der Waals surface area contributed by atoms with E-state index in [2.05, 4.69) is 0 Å². The molecule has 0 atom stereocenters. The molecule has 0 aliphatic heterocycles. The van der Waals surface area contributed by atoms with Gasteiger partial charge >= 0.3 is 0 Å². The molecule has 0 N–H and O–H groups in total. The lowest BCUT2D eigenvalue weighted by atomic mass is 10.1. The van der Waals surface area contributed by atoms with Crippen molar-refractivity contribution in [3.63, 3.8) is 0 Å². The molecule has 0 radical (unpaired) electrons. The van der Waals surface area contributed by atoms with Crippen molar-refractivity contribution in [1.82, 2.24) is 14.1 Å². The first-order chi connectivity index (χ1) is 12.9. The smallest absolute Gasteiger partial charge is 0.271 e. The number of hydrogen-bond acceptors (Lipinski definition) is 3. The van der Waals surface area contributed by atoms with Crippen molar-refractivity contribution < 1.29 is 0 Å². The summed E-state index contributed by atoms with van der Waals surface area (Å²) >= 11 is 0. The Morgan fingerprint density at radius 3 is 2.30 bits per heavy atom. The van der Waals surface area contributed by atoms with Gasteiger partial charge in [-0.2, -0.15) is 0 Å². The average Bonchev–Trinajstić information content (AvgIpc) is 2.66. The number of nitrogens with zero attached hydrogens (tertiary/aromatic N) is 3. The number of hydrogen-bond donors (Lipinski definition) is 0. The van der Waals surface area contributed by atoms with Crippen molar-refractivity contribution in [2.24, 2.45) is 7.05 Å². The van der Waals surface area contributed by atoms with E-state index >= 15 is 0 Å². The Bertz CT molecular complexity index is 1300. The van der Waals surface area contributed by atoms with E-state index in [1.807, 2.05) is 74.9 Å². The molecule has 27 heavy (non-hydrogen) atoms. The fourth-order valence-electron chi connectivity index (χ4n) is 3.50. The number of aryl methyl sites for hydroxylation is 2. The molecule has 0 saturated carbocycles. The Morgan fingerprint density at radius 2 is 1.63 bits per heavy atom. The number of benzene rings is 2. The highest BCUT2D eigenvalue weighted by molar-refractivity contribution is 5.91. The van der Waals surface area contributed by atoms with Gasteiger partial charge < -0.3 is 4.57 Å². The Kier molecular flexibility index (Phi) is 3.95. The Balaban J connectivity index is 2.24. The molecule has 5 nitrogen and oxygen atoms in total. The summed E-state index contributed by atoms with van der Waals surface area (Å²) in [6.45, 7) is 5.99.